The van der Waals surface area contributed by atoms with E-state index in [0.717, 1.165) is 44.1 Å². The monoisotopic (exact) mass is 225 g/mol. The fourth-order valence-corrected chi connectivity index (χ4v) is 2.26. The number of hydrogen-bond acceptors (Lipinski definition) is 3. The zero-order valence-electron chi connectivity index (χ0n) is 10.4. The number of nitrogens with two attached hydrogens (primary N) is 1. The molecule has 1 fully saturated rings. The van der Waals surface area contributed by atoms with Crippen molar-refractivity contribution in [1.29, 1.82) is 0 Å². The van der Waals surface area contributed by atoms with Crippen molar-refractivity contribution in [1.82, 2.24) is 0 Å². The third kappa shape index (κ3) is 3.63. The lowest BCUT2D eigenvalue weighted by molar-refractivity contribution is -0.136. The first-order valence-corrected chi connectivity index (χ1v) is 6.23. The fourth-order valence-electron chi connectivity index (χ4n) is 2.26. The fraction of sp³-hybridized carbons (Fsp3) is 0.769. The first-order valence-electron chi connectivity index (χ1n) is 6.23. The molecular formula is C13H23NO2. The Hall–Kier alpha value is -0.830. The number of carbonyl (C=O) groups excluding carboxylic acids is 1. The molecular weight excluding hydrogens is 202 g/mol. The highest BCUT2D eigenvalue weighted by Gasteiger charge is 2.25. The summed E-state index contributed by atoms with van der Waals surface area (Å²) in [6.07, 6.45) is 8.14. The normalized spacial score (nSPS) is 26.6. The molecule has 1 rings (SSSR count). The molecule has 0 bridgehead atoms. The minimum atomic E-state index is -0.158. The average molecular weight is 225 g/mol. The molecule has 3 nitrogen and oxygen atoms in total. The van der Waals surface area contributed by atoms with Gasteiger partial charge in [0.05, 0.1) is 7.11 Å². The molecule has 0 aromatic carbocycles. The van der Waals surface area contributed by atoms with E-state index in [2.05, 4.69) is 6.92 Å². The molecule has 0 unspecified atom stereocenters. The van der Waals surface area contributed by atoms with Gasteiger partial charge in [0.15, 0.2) is 0 Å². The Morgan fingerprint density at radius 1 is 1.38 bits per heavy atom. The maximum atomic E-state index is 11.7. The zero-order valence-corrected chi connectivity index (χ0v) is 10.4. The molecule has 1 aliphatic carbocycles. The molecule has 0 aromatic rings. The summed E-state index contributed by atoms with van der Waals surface area (Å²) in [4.78, 5) is 11.7. The number of allylic oxidation sites excluding steroid dienone is 1. The summed E-state index contributed by atoms with van der Waals surface area (Å²) < 4.78 is 4.85. The standard InChI is InChI=1S/C13H23NO2/c1-3-4-5-12(13(15)16-2)10-6-8-11(14)9-7-10/h5,10-11H,3-4,6-9,14H2,1-2H3. The third-order valence-electron chi connectivity index (χ3n) is 3.29. The first-order chi connectivity index (χ1) is 7.69. The van der Waals surface area contributed by atoms with E-state index in [4.69, 9.17) is 10.5 Å². The van der Waals surface area contributed by atoms with Crippen molar-refractivity contribution < 1.29 is 9.53 Å². The van der Waals surface area contributed by atoms with E-state index in [1.165, 1.54) is 7.11 Å². The van der Waals surface area contributed by atoms with Crippen molar-refractivity contribution in [3.05, 3.63) is 11.6 Å². The van der Waals surface area contributed by atoms with Crippen LogP contribution in [0.4, 0.5) is 0 Å². The Morgan fingerprint density at radius 3 is 2.50 bits per heavy atom. The number of ether oxygens (including phenoxy) is 1. The number of hydrogen-bond donors (Lipinski definition) is 1. The number of esters is 1. The van der Waals surface area contributed by atoms with Crippen LogP contribution in [0.5, 0.6) is 0 Å². The molecule has 0 saturated heterocycles. The third-order valence-corrected chi connectivity index (χ3v) is 3.29. The number of carbonyl (C=O) groups is 1. The van der Waals surface area contributed by atoms with E-state index in [0.29, 0.717) is 12.0 Å². The summed E-state index contributed by atoms with van der Waals surface area (Å²) in [5.74, 6) is 0.202. The van der Waals surface area contributed by atoms with Crippen LogP contribution in [0.25, 0.3) is 0 Å². The number of methoxy groups -OCH3 is 1. The SMILES string of the molecule is CCCC=C(C(=O)OC)C1CCC(N)CC1. The van der Waals surface area contributed by atoms with Crippen molar-refractivity contribution in [2.45, 2.75) is 51.5 Å². The molecule has 92 valence electrons. The summed E-state index contributed by atoms with van der Waals surface area (Å²) >= 11 is 0. The van der Waals surface area contributed by atoms with Gasteiger partial charge in [-0.3, -0.25) is 0 Å². The molecule has 0 radical (unpaired) electrons. The van der Waals surface area contributed by atoms with E-state index in [9.17, 15) is 4.79 Å². The van der Waals surface area contributed by atoms with Crippen LogP contribution in [0.2, 0.25) is 0 Å². The lowest BCUT2D eigenvalue weighted by Crippen LogP contribution is -2.28. The molecule has 16 heavy (non-hydrogen) atoms. The Labute approximate surface area is 98.0 Å². The van der Waals surface area contributed by atoms with E-state index < -0.39 is 0 Å². The minimum absolute atomic E-state index is 0.158. The van der Waals surface area contributed by atoms with Gasteiger partial charge in [-0.1, -0.05) is 19.4 Å². The second kappa shape index (κ2) is 6.69. The van der Waals surface area contributed by atoms with E-state index in [1.807, 2.05) is 6.08 Å². The summed E-state index contributed by atoms with van der Waals surface area (Å²) in [6.45, 7) is 2.11. The predicted octanol–water partition coefficient (Wildman–Crippen LogP) is 2.40. The van der Waals surface area contributed by atoms with Crippen molar-refractivity contribution in [2.24, 2.45) is 11.7 Å². The topological polar surface area (TPSA) is 52.3 Å². The van der Waals surface area contributed by atoms with Crippen LogP contribution in [0, 0.1) is 5.92 Å². The van der Waals surface area contributed by atoms with Gasteiger partial charge in [0.1, 0.15) is 0 Å². The summed E-state index contributed by atoms with van der Waals surface area (Å²) in [7, 11) is 1.46. The molecule has 1 aliphatic rings. The molecule has 2 N–H and O–H groups in total. The lowest BCUT2D eigenvalue weighted by atomic mass is 9.81. The van der Waals surface area contributed by atoms with Crippen LogP contribution < -0.4 is 5.73 Å². The second-order valence-corrected chi connectivity index (χ2v) is 4.55. The molecule has 1 saturated carbocycles. The molecule has 3 heteroatoms. The Balaban J connectivity index is 2.65. The summed E-state index contributed by atoms with van der Waals surface area (Å²) in [5, 5.41) is 0. The quantitative estimate of drug-likeness (QED) is 0.590. The largest absolute Gasteiger partial charge is 0.466 e. The van der Waals surface area contributed by atoms with Gasteiger partial charge in [0.2, 0.25) is 0 Å². The molecule has 0 atom stereocenters. The predicted molar refractivity (Wildman–Crippen MR) is 64.9 cm³/mol. The molecule has 0 aromatic heterocycles. The van der Waals surface area contributed by atoms with E-state index in [1.54, 1.807) is 0 Å². The Bertz CT molecular complexity index is 253. The maximum absolute atomic E-state index is 11.7. The molecule has 0 aliphatic heterocycles. The van der Waals surface area contributed by atoms with Crippen LogP contribution in [0.3, 0.4) is 0 Å². The Kier molecular flexibility index (Phi) is 5.53. The van der Waals surface area contributed by atoms with Crippen LogP contribution in [0.1, 0.15) is 45.4 Å². The van der Waals surface area contributed by atoms with Crippen molar-refractivity contribution in [3.8, 4) is 0 Å². The molecule has 0 amide bonds. The molecule has 0 spiro atoms. The Morgan fingerprint density at radius 2 is 2.00 bits per heavy atom. The average Bonchev–Trinajstić information content (AvgIpc) is 2.31. The van der Waals surface area contributed by atoms with Crippen LogP contribution in [0.15, 0.2) is 11.6 Å². The van der Waals surface area contributed by atoms with Gasteiger partial charge < -0.3 is 10.5 Å². The lowest BCUT2D eigenvalue weighted by Gasteiger charge is -2.27. The van der Waals surface area contributed by atoms with Crippen LogP contribution in [-0.2, 0) is 9.53 Å². The summed E-state index contributed by atoms with van der Waals surface area (Å²) in [6, 6.07) is 0.321. The highest BCUT2D eigenvalue weighted by molar-refractivity contribution is 5.88. The van der Waals surface area contributed by atoms with Gasteiger partial charge in [-0.05, 0) is 38.0 Å². The summed E-state index contributed by atoms with van der Waals surface area (Å²) in [5.41, 5.74) is 6.74. The van der Waals surface area contributed by atoms with Gasteiger partial charge in [0.25, 0.3) is 0 Å². The number of rotatable bonds is 4. The minimum Gasteiger partial charge on any atom is -0.466 e. The van der Waals surface area contributed by atoms with Crippen LogP contribution >= 0.6 is 0 Å². The van der Waals surface area contributed by atoms with Crippen molar-refractivity contribution in [3.63, 3.8) is 0 Å². The van der Waals surface area contributed by atoms with Gasteiger partial charge in [-0.15, -0.1) is 0 Å². The first kappa shape index (κ1) is 13.2. The van der Waals surface area contributed by atoms with Crippen molar-refractivity contribution in [2.75, 3.05) is 7.11 Å². The highest BCUT2D eigenvalue weighted by Crippen LogP contribution is 2.30. The van der Waals surface area contributed by atoms with E-state index >= 15 is 0 Å². The zero-order chi connectivity index (χ0) is 12.0. The number of unbranched alkanes of at least 4 members (excludes halogenated alkanes) is 1. The second-order valence-electron chi connectivity index (χ2n) is 4.55. The van der Waals surface area contributed by atoms with Gasteiger partial charge in [-0.2, -0.15) is 0 Å². The van der Waals surface area contributed by atoms with Gasteiger partial charge >= 0.3 is 5.97 Å². The highest BCUT2D eigenvalue weighted by atomic mass is 16.5. The smallest absolute Gasteiger partial charge is 0.333 e. The maximum Gasteiger partial charge on any atom is 0.333 e. The molecule has 0 heterocycles. The van der Waals surface area contributed by atoms with Gasteiger partial charge in [0, 0.05) is 11.6 Å². The van der Waals surface area contributed by atoms with Crippen LogP contribution in [-0.4, -0.2) is 19.1 Å². The van der Waals surface area contributed by atoms with Gasteiger partial charge in [-0.25, -0.2) is 4.79 Å². The van der Waals surface area contributed by atoms with E-state index in [-0.39, 0.29) is 5.97 Å². The van der Waals surface area contributed by atoms with Crippen molar-refractivity contribution >= 4 is 5.97 Å².